The fourth-order valence-corrected chi connectivity index (χ4v) is 1.70. The SMILES string of the molecule is [CH2]C=CCCCc1ccc2ccoc2c1. The third kappa shape index (κ3) is 2.50. The summed E-state index contributed by atoms with van der Waals surface area (Å²) < 4.78 is 5.36. The van der Waals surface area contributed by atoms with E-state index >= 15 is 0 Å². The molecule has 15 heavy (non-hydrogen) atoms. The van der Waals surface area contributed by atoms with Gasteiger partial charge >= 0.3 is 0 Å². The first-order valence-corrected chi connectivity index (χ1v) is 5.30. The quantitative estimate of drug-likeness (QED) is 0.674. The lowest BCUT2D eigenvalue weighted by molar-refractivity contribution is 0.615. The lowest BCUT2D eigenvalue weighted by Crippen LogP contribution is -1.83. The molecule has 1 heterocycles. The van der Waals surface area contributed by atoms with Crippen molar-refractivity contribution in [1.82, 2.24) is 0 Å². The zero-order valence-electron chi connectivity index (χ0n) is 8.78. The standard InChI is InChI=1S/C14H15O/c1-2-3-4-5-6-12-7-8-13-9-10-15-14(13)11-12/h2-3,7-11H,1,4-6H2. The van der Waals surface area contributed by atoms with E-state index in [0.29, 0.717) is 0 Å². The number of hydrogen-bond donors (Lipinski definition) is 0. The van der Waals surface area contributed by atoms with Gasteiger partial charge in [-0.3, -0.25) is 0 Å². The molecule has 1 nitrogen and oxygen atoms in total. The smallest absolute Gasteiger partial charge is 0.134 e. The van der Waals surface area contributed by atoms with Crippen molar-refractivity contribution in [3.63, 3.8) is 0 Å². The summed E-state index contributed by atoms with van der Waals surface area (Å²) in [5.41, 5.74) is 2.33. The second kappa shape index (κ2) is 4.83. The number of rotatable bonds is 4. The third-order valence-corrected chi connectivity index (χ3v) is 2.52. The van der Waals surface area contributed by atoms with Crippen molar-refractivity contribution >= 4 is 11.0 Å². The minimum absolute atomic E-state index is 0.986. The highest BCUT2D eigenvalue weighted by Gasteiger charge is 1.98. The summed E-state index contributed by atoms with van der Waals surface area (Å²) in [5, 5.41) is 1.18. The van der Waals surface area contributed by atoms with Gasteiger partial charge in [0.15, 0.2) is 0 Å². The van der Waals surface area contributed by atoms with Crippen LogP contribution in [0.2, 0.25) is 0 Å². The first-order chi connectivity index (χ1) is 7.40. The number of benzene rings is 1. The molecule has 77 valence electrons. The molecule has 0 aliphatic rings. The second-order valence-corrected chi connectivity index (χ2v) is 3.66. The Bertz CT molecular complexity index is 451. The molecule has 0 atom stereocenters. The second-order valence-electron chi connectivity index (χ2n) is 3.66. The van der Waals surface area contributed by atoms with Crippen LogP contribution < -0.4 is 0 Å². The molecule has 0 unspecified atom stereocenters. The number of unbranched alkanes of at least 4 members (excludes halogenated alkanes) is 1. The fourth-order valence-electron chi connectivity index (χ4n) is 1.70. The van der Waals surface area contributed by atoms with Crippen LogP contribution >= 0.6 is 0 Å². The third-order valence-electron chi connectivity index (χ3n) is 2.52. The van der Waals surface area contributed by atoms with E-state index in [-0.39, 0.29) is 0 Å². The number of hydrogen-bond acceptors (Lipinski definition) is 1. The van der Waals surface area contributed by atoms with E-state index in [1.54, 1.807) is 6.26 Å². The molecule has 1 heteroatoms. The lowest BCUT2D eigenvalue weighted by atomic mass is 10.1. The van der Waals surface area contributed by atoms with Gasteiger partial charge in [-0.2, -0.15) is 0 Å². The maximum atomic E-state index is 5.36. The van der Waals surface area contributed by atoms with Gasteiger partial charge < -0.3 is 4.42 Å². The Kier molecular flexibility index (Phi) is 3.23. The predicted octanol–water partition coefficient (Wildman–Crippen LogP) is 4.15. The molecule has 0 aliphatic heterocycles. The average molecular weight is 199 g/mol. The van der Waals surface area contributed by atoms with Crippen LogP contribution in [-0.4, -0.2) is 0 Å². The molecule has 1 radical (unpaired) electrons. The van der Waals surface area contributed by atoms with Crippen molar-refractivity contribution in [2.45, 2.75) is 19.3 Å². The maximum absolute atomic E-state index is 5.36. The van der Waals surface area contributed by atoms with E-state index in [1.165, 1.54) is 10.9 Å². The van der Waals surface area contributed by atoms with E-state index in [1.807, 2.05) is 12.1 Å². The van der Waals surface area contributed by atoms with E-state index in [9.17, 15) is 0 Å². The number of furan rings is 1. The highest BCUT2D eigenvalue weighted by Crippen LogP contribution is 2.18. The fraction of sp³-hybridized carbons (Fsp3) is 0.214. The van der Waals surface area contributed by atoms with Crippen molar-refractivity contribution in [3.8, 4) is 0 Å². The molecule has 0 N–H and O–H groups in total. The molecule has 1 aromatic carbocycles. The summed E-state index contributed by atoms with van der Waals surface area (Å²) >= 11 is 0. The molecule has 1 aromatic heterocycles. The van der Waals surface area contributed by atoms with Crippen molar-refractivity contribution in [1.29, 1.82) is 0 Å². The van der Waals surface area contributed by atoms with Crippen molar-refractivity contribution in [3.05, 3.63) is 55.2 Å². The molecule has 0 amide bonds. The topological polar surface area (TPSA) is 13.1 Å². The van der Waals surface area contributed by atoms with Gasteiger partial charge in [-0.25, -0.2) is 0 Å². The van der Waals surface area contributed by atoms with Gasteiger partial charge in [-0.05, 0) is 43.9 Å². The summed E-state index contributed by atoms with van der Waals surface area (Å²) in [5.74, 6) is 0. The molecular weight excluding hydrogens is 184 g/mol. The summed E-state index contributed by atoms with van der Waals surface area (Å²) in [7, 11) is 0. The Morgan fingerprint density at radius 3 is 3.07 bits per heavy atom. The lowest BCUT2D eigenvalue weighted by Gasteiger charge is -1.99. The van der Waals surface area contributed by atoms with Crippen molar-refractivity contribution in [2.24, 2.45) is 0 Å². The van der Waals surface area contributed by atoms with Crippen LogP contribution in [0.15, 0.2) is 47.1 Å². The van der Waals surface area contributed by atoms with Crippen LogP contribution in [0.5, 0.6) is 0 Å². The summed E-state index contributed by atoms with van der Waals surface area (Å²) in [6, 6.07) is 8.41. The van der Waals surface area contributed by atoms with Crippen molar-refractivity contribution in [2.75, 3.05) is 0 Å². The van der Waals surface area contributed by atoms with Crippen LogP contribution in [-0.2, 0) is 6.42 Å². The largest absolute Gasteiger partial charge is 0.464 e. The first-order valence-electron chi connectivity index (χ1n) is 5.30. The Balaban J connectivity index is 2.01. The van der Waals surface area contributed by atoms with E-state index in [2.05, 4.69) is 31.2 Å². The van der Waals surface area contributed by atoms with Gasteiger partial charge in [-0.15, -0.1) is 0 Å². The van der Waals surface area contributed by atoms with E-state index < -0.39 is 0 Å². The summed E-state index contributed by atoms with van der Waals surface area (Å²) in [4.78, 5) is 0. The summed E-state index contributed by atoms with van der Waals surface area (Å²) in [6.07, 6.45) is 9.06. The minimum Gasteiger partial charge on any atom is -0.464 e. The van der Waals surface area contributed by atoms with Crippen LogP contribution in [0.25, 0.3) is 11.0 Å². The highest BCUT2D eigenvalue weighted by molar-refractivity contribution is 5.77. The van der Waals surface area contributed by atoms with Gasteiger partial charge in [0.2, 0.25) is 0 Å². The predicted molar refractivity (Wildman–Crippen MR) is 63.6 cm³/mol. The van der Waals surface area contributed by atoms with Gasteiger partial charge in [0.05, 0.1) is 6.26 Å². The van der Waals surface area contributed by atoms with Gasteiger partial charge in [0.25, 0.3) is 0 Å². The molecule has 0 saturated heterocycles. The molecule has 2 aromatic rings. The Morgan fingerprint density at radius 1 is 1.27 bits per heavy atom. The first kappa shape index (κ1) is 10.0. The van der Waals surface area contributed by atoms with Gasteiger partial charge in [0.1, 0.15) is 5.58 Å². The Morgan fingerprint density at radius 2 is 2.20 bits per heavy atom. The van der Waals surface area contributed by atoms with Crippen molar-refractivity contribution < 1.29 is 4.42 Å². The van der Waals surface area contributed by atoms with Gasteiger partial charge in [0, 0.05) is 5.39 Å². The number of fused-ring (bicyclic) bond motifs is 1. The highest BCUT2D eigenvalue weighted by atomic mass is 16.3. The number of allylic oxidation sites excluding steroid dienone is 2. The average Bonchev–Trinajstić information content (AvgIpc) is 2.71. The molecule has 0 bridgehead atoms. The Labute approximate surface area is 90.4 Å². The molecule has 2 rings (SSSR count). The van der Waals surface area contributed by atoms with Crippen LogP contribution in [0.4, 0.5) is 0 Å². The van der Waals surface area contributed by atoms with E-state index in [0.717, 1.165) is 24.8 Å². The van der Waals surface area contributed by atoms with Crippen LogP contribution in [0.3, 0.4) is 0 Å². The summed E-state index contributed by atoms with van der Waals surface area (Å²) in [6.45, 7) is 3.67. The van der Waals surface area contributed by atoms with Crippen LogP contribution in [0, 0.1) is 6.92 Å². The molecule has 0 spiro atoms. The zero-order chi connectivity index (χ0) is 10.5. The zero-order valence-corrected chi connectivity index (χ0v) is 8.78. The maximum Gasteiger partial charge on any atom is 0.134 e. The molecule has 0 saturated carbocycles. The normalized spacial score (nSPS) is 11.5. The van der Waals surface area contributed by atoms with Crippen LogP contribution in [0.1, 0.15) is 18.4 Å². The Hall–Kier alpha value is -1.50. The van der Waals surface area contributed by atoms with E-state index in [4.69, 9.17) is 4.42 Å². The monoisotopic (exact) mass is 199 g/mol. The molecular formula is C14H15O. The number of aryl methyl sites for hydroxylation is 1. The van der Waals surface area contributed by atoms with Gasteiger partial charge in [-0.1, -0.05) is 24.3 Å². The minimum atomic E-state index is 0.986. The molecule has 0 fully saturated rings. The molecule has 0 aliphatic carbocycles.